The van der Waals surface area contributed by atoms with Crippen molar-refractivity contribution < 1.29 is 18.4 Å². The van der Waals surface area contributed by atoms with Crippen molar-refractivity contribution in [2.24, 2.45) is 0 Å². The molecule has 0 aliphatic carbocycles. The second-order valence-electron chi connectivity index (χ2n) is 5.66. The maximum atomic E-state index is 13.1. The van der Waals surface area contributed by atoms with Gasteiger partial charge in [-0.05, 0) is 44.2 Å². The lowest BCUT2D eigenvalue weighted by Crippen LogP contribution is -2.17. The molecular weight excluding hydrogens is 359 g/mol. The highest BCUT2D eigenvalue weighted by molar-refractivity contribution is 6.31. The van der Waals surface area contributed by atoms with Crippen molar-refractivity contribution in [3.8, 4) is 11.3 Å². The first-order valence-corrected chi connectivity index (χ1v) is 8.27. The lowest BCUT2D eigenvalue weighted by atomic mass is 10.1. The number of carbonyl (C=O) groups excluding carboxylic acids is 1. The van der Waals surface area contributed by atoms with Gasteiger partial charge >= 0.3 is 6.09 Å². The first kappa shape index (κ1) is 17.9. The summed E-state index contributed by atoms with van der Waals surface area (Å²) in [5.41, 5.74) is 2.07. The molecule has 0 spiro atoms. The van der Waals surface area contributed by atoms with Gasteiger partial charge in [0.15, 0.2) is 5.76 Å². The number of ether oxygens (including phenoxy) is 1. The van der Waals surface area contributed by atoms with E-state index in [0.717, 1.165) is 0 Å². The molecule has 0 radical (unpaired) electrons. The number of amides is 1. The van der Waals surface area contributed by atoms with Crippen LogP contribution in [0.25, 0.3) is 11.3 Å². The van der Waals surface area contributed by atoms with Crippen LogP contribution in [0.15, 0.2) is 53.1 Å². The van der Waals surface area contributed by atoms with Crippen LogP contribution in [-0.2, 0) is 4.74 Å². The van der Waals surface area contributed by atoms with Gasteiger partial charge in [0.1, 0.15) is 23.3 Å². The topological polar surface area (TPSA) is 64.4 Å². The molecule has 1 N–H and O–H groups in total. The first-order chi connectivity index (χ1) is 12.5. The van der Waals surface area contributed by atoms with Gasteiger partial charge in [-0.1, -0.05) is 35.0 Å². The van der Waals surface area contributed by atoms with E-state index in [2.05, 4.69) is 10.5 Å². The van der Waals surface area contributed by atoms with E-state index in [4.69, 9.17) is 20.9 Å². The van der Waals surface area contributed by atoms with Gasteiger partial charge in [-0.3, -0.25) is 5.32 Å². The van der Waals surface area contributed by atoms with Crippen LogP contribution in [-0.4, -0.2) is 11.2 Å². The molecule has 1 heterocycles. The van der Waals surface area contributed by atoms with Crippen LogP contribution in [0.2, 0.25) is 5.02 Å². The number of aryl methyl sites for hydroxylation is 1. The lowest BCUT2D eigenvalue weighted by Gasteiger charge is -2.15. The Kier molecular flexibility index (Phi) is 5.23. The first-order valence-electron chi connectivity index (χ1n) is 7.90. The second-order valence-corrected chi connectivity index (χ2v) is 6.07. The molecule has 5 nitrogen and oxygen atoms in total. The maximum absolute atomic E-state index is 13.1. The van der Waals surface area contributed by atoms with E-state index in [0.29, 0.717) is 33.3 Å². The van der Waals surface area contributed by atoms with E-state index in [9.17, 15) is 9.18 Å². The molecule has 1 amide bonds. The highest BCUT2D eigenvalue weighted by atomic mass is 35.5. The number of rotatable bonds is 4. The number of nitrogens with one attached hydrogen (secondary N) is 1. The fourth-order valence-electron chi connectivity index (χ4n) is 2.48. The van der Waals surface area contributed by atoms with Crippen LogP contribution >= 0.6 is 11.6 Å². The molecule has 1 atom stereocenters. The van der Waals surface area contributed by atoms with Gasteiger partial charge in [-0.25, -0.2) is 9.18 Å². The van der Waals surface area contributed by atoms with Crippen LogP contribution in [0.5, 0.6) is 0 Å². The Morgan fingerprint density at radius 2 is 1.92 bits per heavy atom. The molecule has 0 aliphatic heterocycles. The summed E-state index contributed by atoms with van der Waals surface area (Å²) >= 11 is 6.12. The van der Waals surface area contributed by atoms with Crippen molar-refractivity contribution in [2.45, 2.75) is 20.0 Å². The molecule has 0 saturated heterocycles. The Balaban J connectivity index is 1.77. The van der Waals surface area contributed by atoms with Gasteiger partial charge in [0, 0.05) is 16.1 Å². The molecule has 0 saturated carbocycles. The minimum atomic E-state index is -0.674. The molecule has 3 rings (SSSR count). The summed E-state index contributed by atoms with van der Waals surface area (Å²) in [7, 11) is 0. The van der Waals surface area contributed by atoms with E-state index in [1.807, 2.05) is 6.07 Å². The largest absolute Gasteiger partial charge is 0.441 e. The van der Waals surface area contributed by atoms with Gasteiger partial charge in [-0.15, -0.1) is 0 Å². The van der Waals surface area contributed by atoms with E-state index in [1.54, 1.807) is 44.2 Å². The lowest BCUT2D eigenvalue weighted by molar-refractivity contribution is 0.121. The second kappa shape index (κ2) is 7.58. The predicted molar refractivity (Wildman–Crippen MR) is 96.6 cm³/mol. The molecule has 134 valence electrons. The third-order valence-electron chi connectivity index (χ3n) is 3.83. The molecule has 7 heteroatoms. The van der Waals surface area contributed by atoms with Crippen molar-refractivity contribution in [1.82, 2.24) is 5.16 Å². The van der Waals surface area contributed by atoms with Crippen molar-refractivity contribution in [3.05, 3.63) is 70.7 Å². The molecule has 1 aromatic heterocycles. The number of benzene rings is 2. The predicted octanol–water partition coefficient (Wildman–Crippen LogP) is 5.75. The average Bonchev–Trinajstić information content (AvgIpc) is 2.96. The number of hydrogen-bond donors (Lipinski definition) is 1. The molecule has 0 fully saturated rings. The smallest absolute Gasteiger partial charge is 0.412 e. The van der Waals surface area contributed by atoms with E-state index in [1.165, 1.54) is 12.1 Å². The number of hydrogen-bond acceptors (Lipinski definition) is 4. The summed E-state index contributed by atoms with van der Waals surface area (Å²) in [6, 6.07) is 12.8. The normalized spacial score (nSPS) is 11.8. The van der Waals surface area contributed by atoms with Gasteiger partial charge < -0.3 is 9.26 Å². The highest BCUT2D eigenvalue weighted by Crippen LogP contribution is 2.31. The average molecular weight is 375 g/mol. The SMILES string of the molecule is Cc1onc(-c2ccc(F)cc2)c1NC(=O)OC(C)c1ccccc1Cl. The number of aromatic nitrogens is 1. The Bertz CT molecular complexity index is 925. The summed E-state index contributed by atoms with van der Waals surface area (Å²) in [4.78, 5) is 12.3. The molecule has 26 heavy (non-hydrogen) atoms. The van der Waals surface area contributed by atoms with Crippen LogP contribution in [0.1, 0.15) is 24.4 Å². The molecule has 0 aliphatic rings. The highest BCUT2D eigenvalue weighted by Gasteiger charge is 2.20. The number of halogens is 2. The maximum Gasteiger partial charge on any atom is 0.412 e. The number of anilines is 1. The summed E-state index contributed by atoms with van der Waals surface area (Å²) in [5.74, 6) is 0.0446. The van der Waals surface area contributed by atoms with Crippen molar-refractivity contribution >= 4 is 23.4 Å². The van der Waals surface area contributed by atoms with Crippen LogP contribution in [0, 0.1) is 12.7 Å². The number of carbonyl (C=O) groups is 1. The molecule has 3 aromatic rings. The zero-order valence-electron chi connectivity index (χ0n) is 14.1. The van der Waals surface area contributed by atoms with Crippen molar-refractivity contribution in [1.29, 1.82) is 0 Å². The van der Waals surface area contributed by atoms with Crippen LogP contribution in [0.4, 0.5) is 14.9 Å². The molecule has 0 bridgehead atoms. The summed E-state index contributed by atoms with van der Waals surface area (Å²) in [6.07, 6.45) is -1.22. The Morgan fingerprint density at radius 1 is 1.23 bits per heavy atom. The Morgan fingerprint density at radius 3 is 2.62 bits per heavy atom. The Labute approximate surface area is 154 Å². The van der Waals surface area contributed by atoms with Crippen LogP contribution < -0.4 is 5.32 Å². The zero-order chi connectivity index (χ0) is 18.7. The monoisotopic (exact) mass is 374 g/mol. The van der Waals surface area contributed by atoms with Gasteiger partial charge in [0.2, 0.25) is 0 Å². The van der Waals surface area contributed by atoms with Crippen LogP contribution in [0.3, 0.4) is 0 Å². The molecular formula is C19H16ClFN2O3. The third kappa shape index (κ3) is 3.86. The minimum absolute atomic E-state index is 0.364. The third-order valence-corrected chi connectivity index (χ3v) is 4.18. The van der Waals surface area contributed by atoms with E-state index in [-0.39, 0.29) is 5.82 Å². The van der Waals surface area contributed by atoms with Gasteiger partial charge in [0.05, 0.1) is 0 Å². The summed E-state index contributed by atoms with van der Waals surface area (Å²) < 4.78 is 23.7. The fraction of sp³-hybridized carbons (Fsp3) is 0.158. The molecule has 1 unspecified atom stereocenters. The van der Waals surface area contributed by atoms with E-state index < -0.39 is 12.2 Å². The summed E-state index contributed by atoms with van der Waals surface area (Å²) in [6.45, 7) is 3.38. The van der Waals surface area contributed by atoms with E-state index >= 15 is 0 Å². The quantitative estimate of drug-likeness (QED) is 0.631. The van der Waals surface area contributed by atoms with Crippen molar-refractivity contribution in [2.75, 3.05) is 5.32 Å². The van der Waals surface area contributed by atoms with Gasteiger partial charge in [-0.2, -0.15) is 0 Å². The molecule has 2 aromatic carbocycles. The summed E-state index contributed by atoms with van der Waals surface area (Å²) in [5, 5.41) is 7.08. The zero-order valence-corrected chi connectivity index (χ0v) is 14.9. The Hall–Kier alpha value is -2.86. The van der Waals surface area contributed by atoms with Gasteiger partial charge in [0.25, 0.3) is 0 Å². The number of nitrogens with zero attached hydrogens (tertiary/aromatic N) is 1. The van der Waals surface area contributed by atoms with Crippen molar-refractivity contribution in [3.63, 3.8) is 0 Å². The fourth-order valence-corrected chi connectivity index (χ4v) is 2.77. The standard InChI is InChI=1S/C19H16ClFN2O3/c1-11(15-5-3-4-6-16(15)20)25-19(24)22-17-12(2)26-23-18(17)13-7-9-14(21)10-8-13/h3-11H,1-2H3,(H,22,24). The minimum Gasteiger partial charge on any atom is -0.441 e.